The SMILES string of the molecule is COc1ccccc1C(C)NC(=O)c1ccc2c(=O)n(-c3ccccc3)c(=O)[nH]c2c1. The van der Waals surface area contributed by atoms with Crippen LogP contribution >= 0.6 is 0 Å². The largest absolute Gasteiger partial charge is 0.496 e. The molecule has 7 heteroatoms. The van der Waals surface area contributed by atoms with Crippen LogP contribution in [0.25, 0.3) is 16.6 Å². The van der Waals surface area contributed by atoms with Crippen LogP contribution in [0, 0.1) is 0 Å². The smallest absolute Gasteiger partial charge is 0.333 e. The van der Waals surface area contributed by atoms with E-state index in [1.807, 2.05) is 31.2 Å². The third kappa shape index (κ3) is 3.85. The summed E-state index contributed by atoms with van der Waals surface area (Å²) in [5.74, 6) is 0.355. The number of benzene rings is 3. The van der Waals surface area contributed by atoms with Crippen LogP contribution < -0.4 is 21.3 Å². The van der Waals surface area contributed by atoms with Crippen LogP contribution in [-0.2, 0) is 0 Å². The van der Waals surface area contributed by atoms with Gasteiger partial charge in [0.1, 0.15) is 5.75 Å². The lowest BCUT2D eigenvalue weighted by Gasteiger charge is -2.17. The topological polar surface area (TPSA) is 93.2 Å². The number of carbonyl (C=O) groups is 1. The molecule has 2 N–H and O–H groups in total. The monoisotopic (exact) mass is 415 g/mol. The Bertz CT molecular complexity index is 1370. The molecular formula is C24H21N3O4. The highest BCUT2D eigenvalue weighted by Gasteiger charge is 2.16. The molecule has 4 rings (SSSR count). The number of nitrogens with zero attached hydrogens (tertiary/aromatic N) is 1. The number of hydrogen-bond donors (Lipinski definition) is 2. The van der Waals surface area contributed by atoms with Crippen LogP contribution in [0.15, 0.2) is 82.4 Å². The van der Waals surface area contributed by atoms with Crippen molar-refractivity contribution in [1.29, 1.82) is 0 Å². The van der Waals surface area contributed by atoms with Crippen molar-refractivity contribution < 1.29 is 9.53 Å². The first kappa shape index (κ1) is 20.2. The zero-order chi connectivity index (χ0) is 22.0. The number of para-hydroxylation sites is 2. The predicted octanol–water partition coefficient (Wildman–Crippen LogP) is 3.18. The molecule has 1 unspecified atom stereocenters. The molecule has 156 valence electrons. The Hall–Kier alpha value is -4.13. The van der Waals surface area contributed by atoms with E-state index in [1.165, 1.54) is 6.07 Å². The molecule has 1 amide bonds. The molecule has 0 aliphatic heterocycles. The van der Waals surface area contributed by atoms with Gasteiger partial charge in [0.05, 0.1) is 29.7 Å². The van der Waals surface area contributed by atoms with Crippen molar-refractivity contribution in [3.8, 4) is 11.4 Å². The predicted molar refractivity (Wildman–Crippen MR) is 119 cm³/mol. The lowest BCUT2D eigenvalue weighted by Crippen LogP contribution is -2.33. The molecular weight excluding hydrogens is 394 g/mol. The number of carbonyl (C=O) groups excluding carboxylic acids is 1. The van der Waals surface area contributed by atoms with E-state index >= 15 is 0 Å². The second-order valence-electron chi connectivity index (χ2n) is 7.10. The summed E-state index contributed by atoms with van der Waals surface area (Å²) in [6, 6.07) is 20.5. The van der Waals surface area contributed by atoms with Crippen molar-refractivity contribution in [2.24, 2.45) is 0 Å². The fraction of sp³-hybridized carbons (Fsp3) is 0.125. The number of nitrogens with one attached hydrogen (secondary N) is 2. The van der Waals surface area contributed by atoms with Crippen molar-refractivity contribution in [2.75, 3.05) is 7.11 Å². The molecule has 31 heavy (non-hydrogen) atoms. The molecule has 1 heterocycles. The van der Waals surface area contributed by atoms with Crippen LogP contribution in [0.3, 0.4) is 0 Å². The van der Waals surface area contributed by atoms with E-state index in [4.69, 9.17) is 4.74 Å². The molecule has 0 aliphatic rings. The third-order valence-corrected chi connectivity index (χ3v) is 5.13. The summed E-state index contributed by atoms with van der Waals surface area (Å²) >= 11 is 0. The quantitative estimate of drug-likeness (QED) is 0.524. The Morgan fingerprint density at radius 2 is 1.71 bits per heavy atom. The summed E-state index contributed by atoms with van der Waals surface area (Å²) in [6.45, 7) is 1.86. The van der Waals surface area contributed by atoms with Crippen molar-refractivity contribution >= 4 is 16.8 Å². The number of aromatic amines is 1. The number of fused-ring (bicyclic) bond motifs is 1. The van der Waals surface area contributed by atoms with E-state index in [-0.39, 0.29) is 11.9 Å². The Kier molecular flexibility index (Phi) is 5.41. The molecule has 0 spiro atoms. The van der Waals surface area contributed by atoms with E-state index in [1.54, 1.807) is 49.6 Å². The van der Waals surface area contributed by atoms with E-state index in [9.17, 15) is 14.4 Å². The Labute approximate surface area is 177 Å². The van der Waals surface area contributed by atoms with Crippen LogP contribution in [0.2, 0.25) is 0 Å². The number of ether oxygens (including phenoxy) is 1. The number of amides is 1. The van der Waals surface area contributed by atoms with Crippen LogP contribution in [-0.4, -0.2) is 22.6 Å². The first-order valence-corrected chi connectivity index (χ1v) is 9.78. The van der Waals surface area contributed by atoms with Gasteiger partial charge in [0.25, 0.3) is 11.5 Å². The average molecular weight is 415 g/mol. The summed E-state index contributed by atoms with van der Waals surface area (Å²) in [4.78, 5) is 41.0. The molecule has 0 saturated carbocycles. The maximum atomic E-state index is 12.9. The Morgan fingerprint density at radius 1 is 1.00 bits per heavy atom. The van der Waals surface area contributed by atoms with Gasteiger partial charge in [-0.3, -0.25) is 9.59 Å². The van der Waals surface area contributed by atoms with E-state index < -0.39 is 11.2 Å². The van der Waals surface area contributed by atoms with Crippen LogP contribution in [0.5, 0.6) is 5.75 Å². The molecule has 0 fully saturated rings. The number of H-pyrrole nitrogens is 1. The lowest BCUT2D eigenvalue weighted by molar-refractivity contribution is 0.0939. The number of rotatable bonds is 5. The molecule has 0 bridgehead atoms. The maximum absolute atomic E-state index is 12.9. The number of methoxy groups -OCH3 is 1. The second-order valence-corrected chi connectivity index (χ2v) is 7.10. The summed E-state index contributed by atoms with van der Waals surface area (Å²) in [5, 5.41) is 3.24. The second kappa shape index (κ2) is 8.31. The van der Waals surface area contributed by atoms with Crippen molar-refractivity contribution in [3.63, 3.8) is 0 Å². The van der Waals surface area contributed by atoms with Crippen molar-refractivity contribution in [3.05, 3.63) is 105 Å². The van der Waals surface area contributed by atoms with Gasteiger partial charge in [-0.25, -0.2) is 9.36 Å². The van der Waals surface area contributed by atoms with Crippen molar-refractivity contribution in [2.45, 2.75) is 13.0 Å². The van der Waals surface area contributed by atoms with Gasteiger partial charge in [-0.1, -0.05) is 36.4 Å². The standard InChI is InChI=1S/C24H21N3O4/c1-15(18-10-6-7-11-21(18)31-2)25-22(28)16-12-13-19-20(14-16)26-24(30)27(23(19)29)17-8-4-3-5-9-17/h3-15H,1-2H3,(H,25,28)(H,26,30). The van der Waals surface area contributed by atoms with E-state index in [0.717, 1.165) is 10.1 Å². The van der Waals surface area contributed by atoms with Gasteiger partial charge in [-0.15, -0.1) is 0 Å². The Morgan fingerprint density at radius 3 is 2.45 bits per heavy atom. The molecule has 0 radical (unpaired) electrons. The van der Waals surface area contributed by atoms with E-state index in [2.05, 4.69) is 10.3 Å². The fourth-order valence-electron chi connectivity index (χ4n) is 3.55. The summed E-state index contributed by atoms with van der Waals surface area (Å²) < 4.78 is 6.43. The van der Waals surface area contributed by atoms with Gasteiger partial charge < -0.3 is 15.0 Å². The summed E-state index contributed by atoms with van der Waals surface area (Å²) in [5.41, 5.74) is 0.950. The minimum absolute atomic E-state index is 0.301. The zero-order valence-corrected chi connectivity index (χ0v) is 17.1. The molecule has 0 saturated heterocycles. The van der Waals surface area contributed by atoms with Crippen molar-refractivity contribution in [1.82, 2.24) is 14.9 Å². The molecule has 1 aromatic heterocycles. The highest BCUT2D eigenvalue weighted by Crippen LogP contribution is 2.24. The highest BCUT2D eigenvalue weighted by atomic mass is 16.5. The summed E-state index contributed by atoms with van der Waals surface area (Å²) in [6.07, 6.45) is 0. The maximum Gasteiger partial charge on any atom is 0.333 e. The molecule has 7 nitrogen and oxygen atoms in total. The van der Waals surface area contributed by atoms with Gasteiger partial charge >= 0.3 is 5.69 Å². The molecule has 4 aromatic rings. The number of hydrogen-bond acceptors (Lipinski definition) is 4. The zero-order valence-electron chi connectivity index (χ0n) is 17.1. The first-order chi connectivity index (χ1) is 15.0. The normalized spacial score (nSPS) is 11.8. The van der Waals surface area contributed by atoms with Gasteiger partial charge in [0.15, 0.2) is 0 Å². The molecule has 1 atom stereocenters. The fourth-order valence-corrected chi connectivity index (χ4v) is 3.55. The Balaban J connectivity index is 1.67. The van der Waals surface area contributed by atoms with Gasteiger partial charge in [-0.2, -0.15) is 0 Å². The van der Waals surface area contributed by atoms with Gasteiger partial charge in [0, 0.05) is 11.1 Å². The van der Waals surface area contributed by atoms with Gasteiger partial charge in [-0.05, 0) is 43.3 Å². The minimum atomic E-state index is -0.566. The van der Waals surface area contributed by atoms with E-state index in [0.29, 0.717) is 27.9 Å². The minimum Gasteiger partial charge on any atom is -0.496 e. The van der Waals surface area contributed by atoms with Crippen LogP contribution in [0.4, 0.5) is 0 Å². The highest BCUT2D eigenvalue weighted by molar-refractivity contribution is 5.97. The average Bonchev–Trinajstić information content (AvgIpc) is 2.79. The van der Waals surface area contributed by atoms with Crippen LogP contribution in [0.1, 0.15) is 28.9 Å². The van der Waals surface area contributed by atoms with Gasteiger partial charge in [0.2, 0.25) is 0 Å². The number of aromatic nitrogens is 2. The first-order valence-electron chi connectivity index (χ1n) is 9.78. The summed E-state index contributed by atoms with van der Waals surface area (Å²) in [7, 11) is 1.58. The lowest BCUT2D eigenvalue weighted by atomic mass is 10.1. The molecule has 3 aromatic carbocycles. The molecule has 0 aliphatic carbocycles. The third-order valence-electron chi connectivity index (χ3n) is 5.13.